The third kappa shape index (κ3) is 3.05. The van der Waals surface area contributed by atoms with E-state index in [4.69, 9.17) is 23.2 Å². The van der Waals surface area contributed by atoms with Gasteiger partial charge < -0.3 is 0 Å². The summed E-state index contributed by atoms with van der Waals surface area (Å²) in [6.07, 6.45) is 1.78. The molecule has 0 spiro atoms. The van der Waals surface area contributed by atoms with Crippen LogP contribution in [0, 0.1) is 0 Å². The monoisotopic (exact) mass is 343 g/mol. The zero-order valence-electron chi connectivity index (χ0n) is 9.78. The van der Waals surface area contributed by atoms with Gasteiger partial charge >= 0.3 is 0 Å². The van der Waals surface area contributed by atoms with E-state index in [0.29, 0.717) is 5.02 Å². The quantitative estimate of drug-likeness (QED) is 0.662. The number of nitrogens with zero attached hydrogens (tertiary/aromatic N) is 1. The maximum Gasteiger partial charge on any atom is 0.0677 e. The Balaban J connectivity index is 2.28. The molecule has 0 saturated heterocycles. The Morgan fingerprint density at radius 3 is 2.61 bits per heavy atom. The molecule has 4 heteroatoms. The van der Waals surface area contributed by atoms with Crippen LogP contribution in [-0.2, 0) is 0 Å². The maximum atomic E-state index is 6.54. The second kappa shape index (κ2) is 6.05. The largest absolute Gasteiger partial charge is 0.261 e. The minimum Gasteiger partial charge on any atom is -0.261 e. The second-order valence-corrected chi connectivity index (χ2v) is 5.87. The van der Waals surface area contributed by atoms with Crippen molar-refractivity contribution in [2.75, 3.05) is 0 Å². The lowest BCUT2D eigenvalue weighted by atomic mass is 9.97. The van der Waals surface area contributed by atoms with Crippen LogP contribution in [0.1, 0.15) is 29.5 Å². The van der Waals surface area contributed by atoms with Gasteiger partial charge in [-0.05, 0) is 29.8 Å². The molecular weight excluding hydrogens is 333 g/mol. The highest BCUT2D eigenvalue weighted by atomic mass is 79.9. The topological polar surface area (TPSA) is 12.9 Å². The number of rotatable bonds is 3. The fraction of sp³-hybridized carbons (Fsp3) is 0.214. The van der Waals surface area contributed by atoms with Crippen LogP contribution in [0.4, 0.5) is 0 Å². The molecule has 0 radical (unpaired) electrons. The third-order valence-corrected chi connectivity index (χ3v) is 4.39. The van der Waals surface area contributed by atoms with E-state index < -0.39 is 0 Å². The zero-order valence-corrected chi connectivity index (χ0v) is 12.9. The van der Waals surface area contributed by atoms with Crippen LogP contribution in [-0.4, -0.2) is 4.98 Å². The zero-order chi connectivity index (χ0) is 13.1. The molecule has 0 aliphatic carbocycles. The first-order valence-electron chi connectivity index (χ1n) is 5.59. The summed E-state index contributed by atoms with van der Waals surface area (Å²) >= 11 is 16.0. The van der Waals surface area contributed by atoms with Crippen LogP contribution < -0.4 is 0 Å². The van der Waals surface area contributed by atoms with Crippen molar-refractivity contribution in [1.82, 2.24) is 4.98 Å². The SMILES string of the molecule is CC(c1ccccn1)C(Cl)c1ccc(Cl)cc1Br. The van der Waals surface area contributed by atoms with Crippen molar-refractivity contribution in [1.29, 1.82) is 0 Å². The van der Waals surface area contributed by atoms with Gasteiger partial charge in [-0.3, -0.25) is 4.98 Å². The van der Waals surface area contributed by atoms with Crippen molar-refractivity contribution in [3.63, 3.8) is 0 Å². The lowest BCUT2D eigenvalue weighted by molar-refractivity contribution is 0.704. The van der Waals surface area contributed by atoms with Crippen LogP contribution >= 0.6 is 39.1 Å². The van der Waals surface area contributed by atoms with Gasteiger partial charge in [-0.1, -0.05) is 46.6 Å². The van der Waals surface area contributed by atoms with E-state index in [2.05, 4.69) is 27.8 Å². The van der Waals surface area contributed by atoms with E-state index in [1.165, 1.54) is 0 Å². The van der Waals surface area contributed by atoms with Gasteiger partial charge in [0.15, 0.2) is 0 Å². The van der Waals surface area contributed by atoms with E-state index in [-0.39, 0.29) is 11.3 Å². The van der Waals surface area contributed by atoms with Crippen molar-refractivity contribution in [3.8, 4) is 0 Å². The number of benzene rings is 1. The maximum absolute atomic E-state index is 6.54. The molecule has 2 unspecified atom stereocenters. The lowest BCUT2D eigenvalue weighted by Crippen LogP contribution is -2.05. The van der Waals surface area contributed by atoms with E-state index in [1.54, 1.807) is 6.20 Å². The summed E-state index contributed by atoms with van der Waals surface area (Å²) in [6.45, 7) is 2.07. The summed E-state index contributed by atoms with van der Waals surface area (Å²) in [5.41, 5.74) is 2.01. The fourth-order valence-corrected chi connectivity index (χ4v) is 3.17. The second-order valence-electron chi connectivity index (χ2n) is 4.11. The Kier molecular flexibility index (Phi) is 4.66. The van der Waals surface area contributed by atoms with E-state index in [0.717, 1.165) is 15.7 Å². The average Bonchev–Trinajstić information content (AvgIpc) is 2.38. The number of aromatic nitrogens is 1. The average molecular weight is 345 g/mol. The Labute approximate surface area is 125 Å². The Morgan fingerprint density at radius 1 is 1.22 bits per heavy atom. The first-order chi connectivity index (χ1) is 8.59. The molecule has 1 nitrogen and oxygen atoms in total. The molecular formula is C14H12BrCl2N. The van der Waals surface area contributed by atoms with E-state index >= 15 is 0 Å². The number of alkyl halides is 1. The molecule has 94 valence electrons. The van der Waals surface area contributed by atoms with Gasteiger partial charge in [0.25, 0.3) is 0 Å². The number of pyridine rings is 1. The molecule has 0 bridgehead atoms. The van der Waals surface area contributed by atoms with Crippen LogP contribution in [0.25, 0.3) is 0 Å². The van der Waals surface area contributed by atoms with E-state index in [9.17, 15) is 0 Å². The van der Waals surface area contributed by atoms with Crippen LogP contribution in [0.15, 0.2) is 47.1 Å². The van der Waals surface area contributed by atoms with Crippen molar-refractivity contribution >= 4 is 39.1 Å². The summed E-state index contributed by atoms with van der Waals surface area (Å²) in [5.74, 6) is 0.130. The molecule has 18 heavy (non-hydrogen) atoms. The summed E-state index contributed by atoms with van der Waals surface area (Å²) in [6, 6.07) is 11.5. The molecule has 2 aromatic rings. The normalized spacial score (nSPS) is 14.2. The van der Waals surface area contributed by atoms with Crippen molar-refractivity contribution in [2.45, 2.75) is 18.2 Å². The van der Waals surface area contributed by atoms with Crippen LogP contribution in [0.2, 0.25) is 5.02 Å². The smallest absolute Gasteiger partial charge is 0.0677 e. The standard InChI is InChI=1S/C14H12BrCl2N/c1-9(13-4-2-3-7-18-13)14(17)11-6-5-10(16)8-12(11)15/h2-9,14H,1H3. The summed E-state index contributed by atoms with van der Waals surface area (Å²) in [5, 5.41) is 0.548. The van der Waals surface area contributed by atoms with Gasteiger partial charge in [-0.25, -0.2) is 0 Å². The first kappa shape index (κ1) is 13.9. The summed E-state index contributed by atoms with van der Waals surface area (Å²) < 4.78 is 0.929. The minimum absolute atomic E-state index is 0.130. The van der Waals surface area contributed by atoms with E-state index in [1.807, 2.05) is 36.4 Å². The highest BCUT2D eigenvalue weighted by Crippen LogP contribution is 2.39. The molecule has 0 aliphatic rings. The number of halogens is 3. The third-order valence-electron chi connectivity index (χ3n) is 2.85. The summed E-state index contributed by atoms with van der Waals surface area (Å²) in [7, 11) is 0. The molecule has 2 rings (SSSR count). The molecule has 0 saturated carbocycles. The Bertz CT molecular complexity index is 531. The van der Waals surface area contributed by atoms with Crippen molar-refractivity contribution in [2.24, 2.45) is 0 Å². The van der Waals surface area contributed by atoms with Crippen LogP contribution in [0.5, 0.6) is 0 Å². The molecule has 1 aromatic heterocycles. The Morgan fingerprint density at radius 2 is 2.00 bits per heavy atom. The molecule has 1 heterocycles. The Hall–Kier alpha value is -0.570. The molecule has 0 fully saturated rings. The van der Waals surface area contributed by atoms with Crippen LogP contribution in [0.3, 0.4) is 0 Å². The van der Waals surface area contributed by atoms with Gasteiger partial charge in [-0.2, -0.15) is 0 Å². The van der Waals surface area contributed by atoms with Crippen molar-refractivity contribution in [3.05, 3.63) is 63.3 Å². The van der Waals surface area contributed by atoms with Gasteiger partial charge in [0, 0.05) is 27.3 Å². The molecule has 0 amide bonds. The molecule has 0 N–H and O–H groups in total. The molecule has 1 aromatic carbocycles. The number of hydrogen-bond acceptors (Lipinski definition) is 1. The molecule has 0 aliphatic heterocycles. The minimum atomic E-state index is -0.147. The summed E-state index contributed by atoms with van der Waals surface area (Å²) in [4.78, 5) is 4.35. The van der Waals surface area contributed by atoms with Gasteiger partial charge in [-0.15, -0.1) is 11.6 Å². The van der Waals surface area contributed by atoms with Gasteiger partial charge in [0.05, 0.1) is 5.38 Å². The predicted octanol–water partition coefficient (Wildman–Crippen LogP) is 5.58. The first-order valence-corrected chi connectivity index (χ1v) is 7.20. The predicted molar refractivity (Wildman–Crippen MR) is 80.4 cm³/mol. The fourth-order valence-electron chi connectivity index (χ4n) is 1.79. The highest BCUT2D eigenvalue weighted by molar-refractivity contribution is 9.10. The van der Waals surface area contributed by atoms with Gasteiger partial charge in [0.2, 0.25) is 0 Å². The number of hydrogen-bond donors (Lipinski definition) is 0. The highest BCUT2D eigenvalue weighted by Gasteiger charge is 2.21. The van der Waals surface area contributed by atoms with Crippen molar-refractivity contribution < 1.29 is 0 Å². The lowest BCUT2D eigenvalue weighted by Gasteiger charge is -2.19. The molecule has 2 atom stereocenters. The van der Waals surface area contributed by atoms with Gasteiger partial charge in [0.1, 0.15) is 0 Å².